The minimum absolute atomic E-state index is 0.0557. The molecule has 1 aliphatic carbocycles. The fourth-order valence-electron chi connectivity index (χ4n) is 7.26. The molecule has 238 valence electrons. The van der Waals surface area contributed by atoms with Gasteiger partial charge in [0.05, 0.1) is 28.9 Å². The number of anilines is 2. The molecular weight excluding hydrogens is 573 g/mol. The highest BCUT2D eigenvalue weighted by Crippen LogP contribution is 2.36. The number of nitrogens with one attached hydrogen (secondary N) is 1. The Kier molecular flexibility index (Phi) is 8.28. The molecule has 0 unspecified atom stereocenters. The molecule has 0 spiro atoms. The van der Waals surface area contributed by atoms with E-state index in [4.69, 9.17) is 4.98 Å². The molecule has 11 nitrogen and oxygen atoms in total. The monoisotopic (exact) mass is 615 g/mol. The molecule has 0 radical (unpaired) electrons. The van der Waals surface area contributed by atoms with Crippen molar-refractivity contribution in [3.63, 3.8) is 0 Å². The third-order valence-corrected chi connectivity index (χ3v) is 9.93. The normalized spacial score (nSPS) is 22.3. The van der Waals surface area contributed by atoms with E-state index in [1.165, 1.54) is 18.5 Å². The van der Waals surface area contributed by atoms with E-state index in [0.29, 0.717) is 30.4 Å². The summed E-state index contributed by atoms with van der Waals surface area (Å²) in [6.07, 6.45) is 9.49. The number of piperidine rings is 1. The number of benzene rings is 1. The fraction of sp³-hybridized carbons (Fsp3) is 0.515. The smallest absolute Gasteiger partial charge is 0.261 e. The first-order chi connectivity index (χ1) is 21.8. The number of aliphatic hydroxyl groups excluding tert-OH is 1. The van der Waals surface area contributed by atoms with Gasteiger partial charge < -0.3 is 19.5 Å². The summed E-state index contributed by atoms with van der Waals surface area (Å²) < 4.78 is 19.3. The first-order valence-corrected chi connectivity index (χ1v) is 16.2. The molecule has 1 amide bonds. The summed E-state index contributed by atoms with van der Waals surface area (Å²) in [5.41, 5.74) is 3.33. The Labute approximate surface area is 262 Å². The first kappa shape index (κ1) is 29.8. The minimum atomic E-state index is -0.700. The van der Waals surface area contributed by atoms with Crippen molar-refractivity contribution in [2.75, 3.05) is 56.5 Å². The zero-order valence-corrected chi connectivity index (χ0v) is 26.1. The third-order valence-electron chi connectivity index (χ3n) is 9.93. The zero-order chi connectivity index (χ0) is 31.1. The maximum absolute atomic E-state index is 15.6. The second-order valence-corrected chi connectivity index (χ2v) is 12.9. The van der Waals surface area contributed by atoms with Crippen molar-refractivity contribution in [1.82, 2.24) is 34.1 Å². The van der Waals surface area contributed by atoms with Crippen LogP contribution in [0.25, 0.3) is 22.3 Å². The SMILES string of the molecule is CN1CCN(C2CCN(c3ccc4nc(NC(=O)c5ccnc(-c6cnn(C)c6)c5F)n([C@H]5CC[C@@H](O)CC5)c4c3)CC2)CC1. The first-order valence-electron chi connectivity index (χ1n) is 16.2. The number of hydrogen-bond acceptors (Lipinski definition) is 8. The van der Waals surface area contributed by atoms with Crippen molar-refractivity contribution in [3.8, 4) is 11.3 Å². The van der Waals surface area contributed by atoms with E-state index in [2.05, 4.69) is 53.8 Å². The van der Waals surface area contributed by atoms with Crippen molar-refractivity contribution in [3.05, 3.63) is 54.2 Å². The van der Waals surface area contributed by atoms with Crippen LogP contribution in [-0.4, -0.2) is 104 Å². The van der Waals surface area contributed by atoms with Crippen LogP contribution in [0.4, 0.5) is 16.0 Å². The molecule has 7 rings (SSSR count). The van der Waals surface area contributed by atoms with Gasteiger partial charge in [0.15, 0.2) is 5.82 Å². The van der Waals surface area contributed by atoms with Gasteiger partial charge in [0.1, 0.15) is 5.69 Å². The van der Waals surface area contributed by atoms with E-state index < -0.39 is 11.7 Å². The number of imidazole rings is 1. The Bertz CT molecular complexity index is 1660. The van der Waals surface area contributed by atoms with Crippen molar-refractivity contribution in [1.29, 1.82) is 0 Å². The molecule has 1 aromatic carbocycles. The number of aromatic nitrogens is 5. The Hall–Kier alpha value is -3.87. The highest BCUT2D eigenvalue weighted by Gasteiger charge is 2.29. The molecule has 3 aliphatic rings. The number of nitrogens with zero attached hydrogens (tertiary/aromatic N) is 8. The number of pyridine rings is 1. The molecule has 3 fully saturated rings. The van der Waals surface area contributed by atoms with E-state index in [1.54, 1.807) is 17.9 Å². The van der Waals surface area contributed by atoms with Gasteiger partial charge in [-0.2, -0.15) is 5.10 Å². The Morgan fingerprint density at radius 2 is 1.71 bits per heavy atom. The van der Waals surface area contributed by atoms with Crippen molar-refractivity contribution in [2.45, 2.75) is 56.7 Å². The molecule has 0 bridgehead atoms. The predicted molar refractivity (Wildman–Crippen MR) is 172 cm³/mol. The number of hydrogen-bond donors (Lipinski definition) is 2. The molecule has 4 aromatic rings. The van der Waals surface area contributed by atoms with Gasteiger partial charge in [-0.05, 0) is 69.8 Å². The lowest BCUT2D eigenvalue weighted by Crippen LogP contribution is -2.52. The van der Waals surface area contributed by atoms with E-state index in [-0.39, 0.29) is 23.4 Å². The number of carbonyl (C=O) groups excluding carboxylic acids is 1. The number of aliphatic hydroxyl groups is 1. The lowest BCUT2D eigenvalue weighted by molar-refractivity contribution is 0.0982. The third kappa shape index (κ3) is 6.06. The molecule has 2 saturated heterocycles. The van der Waals surface area contributed by atoms with E-state index in [0.717, 1.165) is 81.7 Å². The summed E-state index contributed by atoms with van der Waals surface area (Å²) in [7, 11) is 3.94. The van der Waals surface area contributed by atoms with Crippen LogP contribution >= 0.6 is 0 Å². The molecule has 2 N–H and O–H groups in total. The average Bonchev–Trinajstić information content (AvgIpc) is 3.64. The lowest BCUT2D eigenvalue weighted by Gasteiger charge is -2.42. The maximum Gasteiger partial charge on any atom is 0.261 e. The summed E-state index contributed by atoms with van der Waals surface area (Å²) in [4.78, 5) is 30.1. The van der Waals surface area contributed by atoms with Gasteiger partial charge in [-0.15, -0.1) is 0 Å². The number of likely N-dealkylation sites (N-methyl/N-ethyl adjacent to an activating group) is 1. The molecule has 45 heavy (non-hydrogen) atoms. The topological polar surface area (TPSA) is 108 Å². The Morgan fingerprint density at radius 3 is 2.42 bits per heavy atom. The number of fused-ring (bicyclic) bond motifs is 1. The van der Waals surface area contributed by atoms with Gasteiger partial charge in [0.25, 0.3) is 5.91 Å². The van der Waals surface area contributed by atoms with Gasteiger partial charge in [0.2, 0.25) is 5.95 Å². The van der Waals surface area contributed by atoms with Crippen LogP contribution in [0.3, 0.4) is 0 Å². The van der Waals surface area contributed by atoms with E-state index in [1.807, 2.05) is 6.07 Å². The fourth-order valence-corrected chi connectivity index (χ4v) is 7.26. The van der Waals surface area contributed by atoms with Crippen LogP contribution < -0.4 is 10.2 Å². The van der Waals surface area contributed by atoms with Crippen LogP contribution in [0, 0.1) is 5.82 Å². The van der Waals surface area contributed by atoms with Crippen LogP contribution in [0.1, 0.15) is 54.9 Å². The molecule has 3 aromatic heterocycles. The minimum Gasteiger partial charge on any atom is -0.393 e. The van der Waals surface area contributed by atoms with Crippen LogP contribution in [-0.2, 0) is 7.05 Å². The number of halogens is 1. The molecule has 0 atom stereocenters. The second-order valence-electron chi connectivity index (χ2n) is 12.9. The van der Waals surface area contributed by atoms with Gasteiger partial charge >= 0.3 is 0 Å². The molecule has 2 aliphatic heterocycles. The predicted octanol–water partition coefficient (Wildman–Crippen LogP) is 3.92. The average molecular weight is 616 g/mol. The molecule has 12 heteroatoms. The molecule has 1 saturated carbocycles. The summed E-state index contributed by atoms with van der Waals surface area (Å²) in [6.45, 7) is 6.55. The highest BCUT2D eigenvalue weighted by atomic mass is 19.1. The van der Waals surface area contributed by atoms with Crippen molar-refractivity contribution >= 4 is 28.6 Å². The van der Waals surface area contributed by atoms with Gasteiger partial charge in [0, 0.05) is 82.0 Å². The maximum atomic E-state index is 15.6. The van der Waals surface area contributed by atoms with Gasteiger partial charge in [-0.25, -0.2) is 9.37 Å². The van der Waals surface area contributed by atoms with Crippen molar-refractivity contribution in [2.24, 2.45) is 7.05 Å². The number of amides is 1. The van der Waals surface area contributed by atoms with Crippen LogP contribution in [0.15, 0.2) is 42.9 Å². The quantitative estimate of drug-likeness (QED) is 0.336. The van der Waals surface area contributed by atoms with Gasteiger partial charge in [-0.3, -0.25) is 24.7 Å². The summed E-state index contributed by atoms with van der Waals surface area (Å²) in [5.74, 6) is -0.895. The Morgan fingerprint density at radius 1 is 0.956 bits per heavy atom. The standard InChI is InChI=1S/C33H42FN9O2/c1-39-15-17-42(18-16-39)23-10-13-41(14-11-23)25-5-8-28-29(19-25)43(24-3-6-26(44)7-4-24)33(37-28)38-32(45)27-9-12-35-31(30(27)34)22-20-36-40(2)21-22/h5,8-9,12,19-21,23-24,26,44H,3-4,6-7,10-11,13-18H2,1-2H3,(H,37,38,45)/t24-,26+. The van der Waals surface area contributed by atoms with Crippen LogP contribution in [0.5, 0.6) is 0 Å². The summed E-state index contributed by atoms with van der Waals surface area (Å²) in [5, 5.41) is 17.3. The number of rotatable bonds is 6. The second kappa shape index (κ2) is 12.5. The van der Waals surface area contributed by atoms with E-state index >= 15 is 4.39 Å². The number of aryl methyl sites for hydroxylation is 1. The van der Waals surface area contributed by atoms with Crippen molar-refractivity contribution < 1.29 is 14.3 Å². The Balaban J connectivity index is 1.16. The largest absolute Gasteiger partial charge is 0.393 e. The lowest BCUT2D eigenvalue weighted by atomic mass is 9.93. The number of carbonyl (C=O) groups is 1. The molecule has 5 heterocycles. The number of piperazine rings is 1. The zero-order valence-electron chi connectivity index (χ0n) is 26.1. The van der Waals surface area contributed by atoms with E-state index in [9.17, 15) is 9.90 Å². The van der Waals surface area contributed by atoms with Gasteiger partial charge in [-0.1, -0.05) is 0 Å². The van der Waals surface area contributed by atoms with Crippen LogP contribution in [0.2, 0.25) is 0 Å². The highest BCUT2D eigenvalue weighted by molar-refractivity contribution is 6.05. The summed E-state index contributed by atoms with van der Waals surface area (Å²) >= 11 is 0. The summed E-state index contributed by atoms with van der Waals surface area (Å²) in [6, 6.07) is 8.40. The molecular formula is C33H42FN9O2.